The van der Waals surface area contributed by atoms with Gasteiger partial charge in [-0.3, -0.25) is 14.7 Å². The van der Waals surface area contributed by atoms with Crippen molar-refractivity contribution in [3.63, 3.8) is 0 Å². The van der Waals surface area contributed by atoms with Gasteiger partial charge in [-0.2, -0.15) is 0 Å². The molecule has 1 fully saturated rings. The molecule has 1 heterocycles. The summed E-state index contributed by atoms with van der Waals surface area (Å²) < 4.78 is 0. The maximum absolute atomic E-state index is 13.4. The molecule has 0 aliphatic carbocycles. The van der Waals surface area contributed by atoms with E-state index in [1.165, 1.54) is 0 Å². The van der Waals surface area contributed by atoms with Gasteiger partial charge >= 0.3 is 5.97 Å². The number of likely N-dealkylation sites (tertiary alicyclic amines) is 1. The Morgan fingerprint density at radius 3 is 2.49 bits per heavy atom. The van der Waals surface area contributed by atoms with Gasteiger partial charge in [0.25, 0.3) is 0 Å². The van der Waals surface area contributed by atoms with Gasteiger partial charge in [-0.15, -0.1) is 5.69 Å². The predicted molar refractivity (Wildman–Crippen MR) is 137 cm³/mol. The van der Waals surface area contributed by atoms with Crippen LogP contribution >= 0.6 is 11.6 Å². The largest absolute Gasteiger partial charge is 0.625 e. The molecule has 0 bridgehead atoms. The summed E-state index contributed by atoms with van der Waals surface area (Å²) in [6.07, 6.45) is 1.72. The molecule has 1 saturated heterocycles. The number of aliphatic imine (C=N–C) groups is 1. The first kappa shape index (κ1) is 29.0. The molecule has 1 N–H and O–H groups in total. The van der Waals surface area contributed by atoms with Crippen LogP contribution in [0.5, 0.6) is 0 Å². The van der Waals surface area contributed by atoms with E-state index in [0.717, 1.165) is 31.5 Å². The molecule has 0 saturated carbocycles. The van der Waals surface area contributed by atoms with Gasteiger partial charge in [-0.05, 0) is 56.5 Å². The summed E-state index contributed by atoms with van der Waals surface area (Å²) in [5, 5.41) is 14.7. The molecule has 0 aromatic heterocycles. The third-order valence-corrected chi connectivity index (χ3v) is 6.92. The van der Waals surface area contributed by atoms with Gasteiger partial charge in [-0.25, -0.2) is 0 Å². The predicted octanol–water partition coefficient (Wildman–Crippen LogP) is 5.94. The number of benzene rings is 2. The quantitative estimate of drug-likeness (QED) is 0.315. The molecule has 2 atom stereocenters. The molecule has 1 aliphatic rings. The maximum atomic E-state index is 13.4. The number of rotatable bonds is 9. The zero-order valence-electron chi connectivity index (χ0n) is 20.6. The van der Waals surface area contributed by atoms with Crippen molar-refractivity contribution in [1.29, 1.82) is 0 Å². The topological polar surface area (TPSA) is 84.1 Å². The van der Waals surface area contributed by atoms with Crippen molar-refractivity contribution < 1.29 is 31.2 Å². The van der Waals surface area contributed by atoms with Crippen LogP contribution in [0.4, 0.5) is 5.69 Å². The van der Waals surface area contributed by atoms with Crippen LogP contribution in [0.1, 0.15) is 51.7 Å². The van der Waals surface area contributed by atoms with E-state index in [0.29, 0.717) is 22.0 Å². The Bertz CT molecular complexity index is 1060. The molecule has 1 amide bonds. The molecule has 0 radical (unpaired) electrons. The summed E-state index contributed by atoms with van der Waals surface area (Å²) in [4.78, 5) is 32.1. The first-order chi connectivity index (χ1) is 16.2. The van der Waals surface area contributed by atoms with E-state index in [4.69, 9.17) is 16.6 Å². The second-order valence-electron chi connectivity index (χ2n) is 9.28. The smallest absolute Gasteiger partial charge is 0.308 e. The van der Waals surface area contributed by atoms with Crippen LogP contribution in [0, 0.1) is 11.8 Å². The maximum Gasteiger partial charge on any atom is 0.308 e. The standard InChI is InChI=1S/C27H34ClN3O3.Ni/c1-5-31-15-9-14-27(31,4)26(34)30-23-13-12-20(28)16-21(23)24(19-10-7-6-8-11-19)29-17-22(18(2)3)25(32)33;/h6-8,10-13,16,18,22H,5,9,14-15,17H2,1-4H3,(H2,29,30,32,33,34);/p-1/t22-,27-;/m1./s1. The van der Waals surface area contributed by atoms with Crippen LogP contribution in [-0.2, 0) is 26.1 Å². The Morgan fingerprint density at radius 1 is 1.20 bits per heavy atom. The van der Waals surface area contributed by atoms with Gasteiger partial charge in [0.1, 0.15) is 0 Å². The van der Waals surface area contributed by atoms with Gasteiger partial charge in [-0.1, -0.05) is 68.8 Å². The molecular weight excluding hydrogens is 508 g/mol. The molecule has 3 rings (SSSR count). The summed E-state index contributed by atoms with van der Waals surface area (Å²) >= 11 is 6.36. The first-order valence-corrected chi connectivity index (χ1v) is 12.2. The van der Waals surface area contributed by atoms with Crippen molar-refractivity contribution in [2.45, 2.75) is 46.1 Å². The Morgan fingerprint density at radius 2 is 1.89 bits per heavy atom. The number of halogens is 1. The number of amides is 1. The summed E-state index contributed by atoms with van der Waals surface area (Å²) in [6.45, 7) is 9.53. The monoisotopic (exact) mass is 540 g/mol. The summed E-state index contributed by atoms with van der Waals surface area (Å²) in [7, 11) is 0. The van der Waals surface area contributed by atoms with E-state index >= 15 is 0 Å². The molecule has 192 valence electrons. The number of hydrogen-bond donors (Lipinski definition) is 1. The van der Waals surface area contributed by atoms with E-state index in [2.05, 4.69) is 17.1 Å². The van der Waals surface area contributed by atoms with Gasteiger partial charge in [0.05, 0.1) is 29.6 Å². The number of carbonyl (C=O) groups is 2. The number of likely N-dealkylation sites (N-methyl/N-ethyl adjacent to an activating group) is 1. The van der Waals surface area contributed by atoms with E-state index in [1.54, 1.807) is 18.2 Å². The number of aliphatic carboxylic acids is 1. The number of carboxylic acid groups (broad SMARTS) is 1. The van der Waals surface area contributed by atoms with Crippen LogP contribution in [0.15, 0.2) is 53.5 Å². The van der Waals surface area contributed by atoms with Crippen LogP contribution in [0.2, 0.25) is 5.02 Å². The second-order valence-corrected chi connectivity index (χ2v) is 9.72. The molecule has 0 spiro atoms. The van der Waals surface area contributed by atoms with E-state index < -0.39 is 17.4 Å². The van der Waals surface area contributed by atoms with Crippen molar-refractivity contribution in [1.82, 2.24) is 4.90 Å². The van der Waals surface area contributed by atoms with Crippen molar-refractivity contribution in [2.75, 3.05) is 19.6 Å². The Hall–Kier alpha value is -2.21. The van der Waals surface area contributed by atoms with Crippen LogP contribution in [-0.4, -0.2) is 52.8 Å². The van der Waals surface area contributed by atoms with Crippen molar-refractivity contribution >= 4 is 34.9 Å². The zero-order chi connectivity index (χ0) is 24.9. The normalized spacial score (nSPS) is 19.3. The van der Waals surface area contributed by atoms with E-state index in [9.17, 15) is 14.7 Å². The van der Waals surface area contributed by atoms with Crippen LogP contribution in [0.3, 0.4) is 0 Å². The van der Waals surface area contributed by atoms with Crippen LogP contribution < -0.4 is 0 Å². The fraction of sp³-hybridized carbons (Fsp3) is 0.444. The van der Waals surface area contributed by atoms with Gasteiger partial charge in [0, 0.05) is 27.1 Å². The van der Waals surface area contributed by atoms with Crippen molar-refractivity contribution in [3.05, 3.63) is 70.0 Å². The van der Waals surface area contributed by atoms with Gasteiger partial charge in [0.15, 0.2) is 0 Å². The number of carboxylic acids is 1. The van der Waals surface area contributed by atoms with E-state index in [1.807, 2.05) is 51.1 Å². The fourth-order valence-corrected chi connectivity index (χ4v) is 4.66. The average molecular weight is 542 g/mol. The van der Waals surface area contributed by atoms with Crippen molar-refractivity contribution in [2.24, 2.45) is 16.8 Å². The second kappa shape index (κ2) is 12.7. The zero-order valence-corrected chi connectivity index (χ0v) is 22.4. The Labute approximate surface area is 223 Å². The van der Waals surface area contributed by atoms with Gasteiger partial charge < -0.3 is 15.2 Å². The summed E-state index contributed by atoms with van der Waals surface area (Å²) in [6, 6.07) is 14.7. The molecule has 8 heteroatoms. The third-order valence-electron chi connectivity index (χ3n) is 6.68. The first-order valence-electron chi connectivity index (χ1n) is 11.8. The minimum atomic E-state index is -0.883. The number of nitrogens with zero attached hydrogens (tertiary/aromatic N) is 3. The average Bonchev–Trinajstić information content (AvgIpc) is 3.20. The van der Waals surface area contributed by atoms with Gasteiger partial charge in [0.2, 0.25) is 0 Å². The Balaban J connectivity index is 0.00000432. The molecular formula is C27H33ClN3NiO3-. The molecule has 35 heavy (non-hydrogen) atoms. The van der Waals surface area contributed by atoms with E-state index in [-0.39, 0.29) is 34.9 Å². The molecule has 2 aromatic rings. The minimum absolute atomic E-state index is 0. The number of hydrogen-bond acceptors (Lipinski definition) is 4. The summed E-state index contributed by atoms with van der Waals surface area (Å²) in [5.41, 5.74) is 1.85. The third kappa shape index (κ3) is 6.72. The SMILES string of the molecule is CCN1CCC[C@]1(C)C(=O)[N-]c1ccc(Cl)cc1C(=NC[C@@H](C(=O)O)C(C)C)c1ccccc1.[Ni]. The summed E-state index contributed by atoms with van der Waals surface area (Å²) in [5.74, 6) is -1.78. The Kier molecular flexibility index (Phi) is 10.5. The molecule has 6 nitrogen and oxygen atoms in total. The van der Waals surface area contributed by atoms with Crippen LogP contribution in [0.25, 0.3) is 5.32 Å². The number of carbonyl (C=O) groups excluding carboxylic acids is 1. The van der Waals surface area contributed by atoms with Crippen molar-refractivity contribution in [3.8, 4) is 0 Å². The molecule has 0 unspecified atom stereocenters. The molecule has 2 aromatic carbocycles. The fourth-order valence-electron chi connectivity index (χ4n) is 4.49. The minimum Gasteiger partial charge on any atom is -0.625 e. The molecule has 1 aliphatic heterocycles.